The van der Waals surface area contributed by atoms with Crippen molar-refractivity contribution < 1.29 is 13.9 Å². The van der Waals surface area contributed by atoms with Crippen molar-refractivity contribution in [1.29, 1.82) is 0 Å². The summed E-state index contributed by atoms with van der Waals surface area (Å²) in [5, 5.41) is 5.03. The Bertz CT molecular complexity index is 821. The Balaban J connectivity index is 2.18. The Morgan fingerprint density at radius 2 is 2.05 bits per heavy atom. The summed E-state index contributed by atoms with van der Waals surface area (Å²) in [6, 6.07) is 8.89. The number of benzene rings is 2. The highest BCUT2D eigenvalue weighted by atomic mass is 79.9. The van der Waals surface area contributed by atoms with Crippen LogP contribution in [0, 0.1) is 5.82 Å². The maximum Gasteiger partial charge on any atom is 0.188 e. The fourth-order valence-corrected chi connectivity index (χ4v) is 2.73. The minimum absolute atomic E-state index is 0.0464. The van der Waals surface area contributed by atoms with Gasteiger partial charge in [-0.3, -0.25) is 0 Å². The maximum absolute atomic E-state index is 14.1. The van der Waals surface area contributed by atoms with E-state index in [1.807, 2.05) is 24.3 Å². The summed E-state index contributed by atoms with van der Waals surface area (Å²) in [4.78, 5) is 0. The largest absolute Gasteiger partial charge is 0.463 e. The highest BCUT2D eigenvalue weighted by molar-refractivity contribution is 9.10. The Morgan fingerprint density at radius 1 is 1.32 bits per heavy atom. The third kappa shape index (κ3) is 2.69. The minimum Gasteiger partial charge on any atom is -0.463 e. The summed E-state index contributed by atoms with van der Waals surface area (Å²) in [6.45, 7) is -0.0887. The van der Waals surface area contributed by atoms with Crippen LogP contribution in [0.25, 0.3) is 16.6 Å². The molecule has 0 aliphatic carbocycles. The van der Waals surface area contributed by atoms with Gasteiger partial charge in [-0.1, -0.05) is 27.5 Å². The zero-order valence-corrected chi connectivity index (χ0v) is 13.9. The molecule has 0 atom stereocenters. The van der Waals surface area contributed by atoms with Crippen molar-refractivity contribution in [1.82, 2.24) is 9.78 Å². The van der Waals surface area contributed by atoms with Gasteiger partial charge in [-0.2, -0.15) is 5.10 Å². The summed E-state index contributed by atoms with van der Waals surface area (Å²) in [5.41, 5.74) is 1.39. The lowest BCUT2D eigenvalue weighted by Crippen LogP contribution is -2.03. The molecule has 0 N–H and O–H groups in total. The topological polar surface area (TPSA) is 36.3 Å². The predicted molar refractivity (Wildman–Crippen MR) is 86.2 cm³/mol. The first-order chi connectivity index (χ1) is 10.6. The van der Waals surface area contributed by atoms with Gasteiger partial charge in [-0.05, 0) is 30.3 Å². The number of hydrogen-bond donors (Lipinski definition) is 0. The van der Waals surface area contributed by atoms with Gasteiger partial charge in [0, 0.05) is 17.0 Å². The molecule has 0 aliphatic heterocycles. The SMILES string of the molecule is COCOc1c(F)cc2cnn(-c3ccc(Br)cc3)c2c1Cl. The van der Waals surface area contributed by atoms with E-state index in [4.69, 9.17) is 21.1 Å². The van der Waals surface area contributed by atoms with Crippen LogP contribution in [-0.4, -0.2) is 23.7 Å². The maximum atomic E-state index is 14.1. The molecule has 0 amide bonds. The van der Waals surface area contributed by atoms with E-state index in [0.29, 0.717) is 10.9 Å². The molecule has 4 nitrogen and oxygen atoms in total. The zero-order chi connectivity index (χ0) is 15.7. The molecule has 1 heterocycles. The van der Waals surface area contributed by atoms with Crippen LogP contribution in [0.5, 0.6) is 5.75 Å². The smallest absolute Gasteiger partial charge is 0.188 e. The van der Waals surface area contributed by atoms with E-state index in [0.717, 1.165) is 10.2 Å². The quantitative estimate of drug-likeness (QED) is 0.618. The van der Waals surface area contributed by atoms with Gasteiger partial charge < -0.3 is 9.47 Å². The average Bonchev–Trinajstić information content (AvgIpc) is 2.92. The minimum atomic E-state index is -0.551. The predicted octanol–water partition coefficient (Wildman–Crippen LogP) is 4.56. The molecule has 2 aromatic carbocycles. The molecule has 0 spiro atoms. The molecule has 0 saturated heterocycles. The molecule has 7 heteroatoms. The fraction of sp³-hybridized carbons (Fsp3) is 0.133. The third-order valence-electron chi connectivity index (χ3n) is 3.10. The number of aromatic nitrogens is 2. The molecule has 0 aliphatic rings. The second-order valence-electron chi connectivity index (χ2n) is 4.52. The molecule has 1 aromatic heterocycles. The number of halogens is 3. The van der Waals surface area contributed by atoms with E-state index in [9.17, 15) is 4.39 Å². The van der Waals surface area contributed by atoms with E-state index in [1.54, 1.807) is 10.9 Å². The first-order valence-corrected chi connectivity index (χ1v) is 7.52. The number of ether oxygens (including phenoxy) is 2. The van der Waals surface area contributed by atoms with Crippen molar-refractivity contribution in [2.75, 3.05) is 13.9 Å². The van der Waals surface area contributed by atoms with E-state index >= 15 is 0 Å². The summed E-state index contributed by atoms with van der Waals surface area (Å²) >= 11 is 9.70. The molecule has 0 radical (unpaired) electrons. The number of hydrogen-bond acceptors (Lipinski definition) is 3. The van der Waals surface area contributed by atoms with Crippen LogP contribution >= 0.6 is 27.5 Å². The first kappa shape index (κ1) is 15.3. The Labute approximate surface area is 139 Å². The molecule has 3 aromatic rings. The normalized spacial score (nSPS) is 11.1. The van der Waals surface area contributed by atoms with Gasteiger partial charge >= 0.3 is 0 Å². The Morgan fingerprint density at radius 3 is 2.73 bits per heavy atom. The van der Waals surface area contributed by atoms with Gasteiger partial charge in [0.15, 0.2) is 18.4 Å². The van der Waals surface area contributed by atoms with Crippen molar-refractivity contribution in [3.63, 3.8) is 0 Å². The van der Waals surface area contributed by atoms with Crippen LogP contribution in [0.2, 0.25) is 5.02 Å². The zero-order valence-electron chi connectivity index (χ0n) is 11.5. The average molecular weight is 386 g/mol. The van der Waals surface area contributed by atoms with Crippen molar-refractivity contribution in [3.05, 3.63) is 51.8 Å². The fourth-order valence-electron chi connectivity index (χ4n) is 2.13. The molecule has 0 unspecified atom stereocenters. The lowest BCUT2D eigenvalue weighted by Gasteiger charge is -2.11. The second kappa shape index (κ2) is 6.24. The summed E-state index contributed by atoms with van der Waals surface area (Å²) < 4.78 is 26.7. The lowest BCUT2D eigenvalue weighted by atomic mass is 10.2. The van der Waals surface area contributed by atoms with Crippen molar-refractivity contribution in [2.24, 2.45) is 0 Å². The highest BCUT2D eigenvalue weighted by Crippen LogP contribution is 2.36. The second-order valence-corrected chi connectivity index (χ2v) is 5.82. The number of rotatable bonds is 4. The van der Waals surface area contributed by atoms with E-state index in [1.165, 1.54) is 13.2 Å². The molecule has 0 bridgehead atoms. The van der Waals surface area contributed by atoms with E-state index in [2.05, 4.69) is 21.0 Å². The molecule has 0 saturated carbocycles. The van der Waals surface area contributed by atoms with E-state index < -0.39 is 5.82 Å². The molecule has 114 valence electrons. The van der Waals surface area contributed by atoms with Crippen LogP contribution in [0.15, 0.2) is 41.0 Å². The number of nitrogens with zero attached hydrogens (tertiary/aromatic N) is 2. The van der Waals surface area contributed by atoms with Crippen molar-refractivity contribution in [3.8, 4) is 11.4 Å². The van der Waals surface area contributed by atoms with Crippen LogP contribution < -0.4 is 4.74 Å². The third-order valence-corrected chi connectivity index (χ3v) is 3.98. The first-order valence-electron chi connectivity index (χ1n) is 6.35. The van der Waals surface area contributed by atoms with Gasteiger partial charge in [0.05, 0.1) is 17.4 Å². The summed E-state index contributed by atoms with van der Waals surface area (Å²) in [6.07, 6.45) is 1.56. The summed E-state index contributed by atoms with van der Waals surface area (Å²) in [7, 11) is 1.45. The number of fused-ring (bicyclic) bond motifs is 1. The van der Waals surface area contributed by atoms with E-state index in [-0.39, 0.29) is 17.6 Å². The number of methoxy groups -OCH3 is 1. The van der Waals surface area contributed by atoms with Crippen LogP contribution in [0.1, 0.15) is 0 Å². The van der Waals surface area contributed by atoms with Gasteiger partial charge in [0.25, 0.3) is 0 Å². The molecular weight excluding hydrogens is 375 g/mol. The molecule has 0 fully saturated rings. The van der Waals surface area contributed by atoms with Crippen LogP contribution in [0.3, 0.4) is 0 Å². The molecule has 22 heavy (non-hydrogen) atoms. The standard InChI is InChI=1S/C15H11BrClFN2O2/c1-21-8-22-15-12(18)6-9-7-19-20(14(9)13(15)17)11-4-2-10(16)3-5-11/h2-7H,8H2,1H3. The van der Waals surface area contributed by atoms with Crippen molar-refractivity contribution in [2.45, 2.75) is 0 Å². The van der Waals surface area contributed by atoms with Crippen LogP contribution in [0.4, 0.5) is 4.39 Å². The molecular formula is C15H11BrClFN2O2. The van der Waals surface area contributed by atoms with Crippen molar-refractivity contribution >= 4 is 38.4 Å². The summed E-state index contributed by atoms with van der Waals surface area (Å²) in [5.74, 6) is -0.597. The van der Waals surface area contributed by atoms with Gasteiger partial charge in [0.1, 0.15) is 5.02 Å². The van der Waals surface area contributed by atoms with Gasteiger partial charge in [-0.15, -0.1) is 0 Å². The van der Waals surface area contributed by atoms with Crippen LogP contribution in [-0.2, 0) is 4.74 Å². The Hall–Kier alpha value is -1.63. The highest BCUT2D eigenvalue weighted by Gasteiger charge is 2.18. The van der Waals surface area contributed by atoms with Gasteiger partial charge in [-0.25, -0.2) is 9.07 Å². The Kier molecular flexibility index (Phi) is 4.33. The lowest BCUT2D eigenvalue weighted by molar-refractivity contribution is 0.0485. The monoisotopic (exact) mass is 384 g/mol. The van der Waals surface area contributed by atoms with Gasteiger partial charge in [0.2, 0.25) is 0 Å². The molecule has 3 rings (SSSR count).